The Morgan fingerprint density at radius 3 is 2.31 bits per heavy atom. The van der Waals surface area contributed by atoms with Crippen LogP contribution in [-0.4, -0.2) is 37.3 Å². The maximum atomic E-state index is 13.8. The maximum Gasteiger partial charge on any atom is 0.419 e. The number of ether oxygens (including phenoxy) is 1. The minimum Gasteiger partial charge on any atom is -0.457 e. The van der Waals surface area contributed by atoms with Crippen molar-refractivity contribution in [3.8, 4) is 11.5 Å². The van der Waals surface area contributed by atoms with Crippen LogP contribution in [0.3, 0.4) is 0 Å². The Kier molecular flexibility index (Phi) is 5.91. The fourth-order valence-electron chi connectivity index (χ4n) is 4.11. The van der Waals surface area contributed by atoms with E-state index in [2.05, 4.69) is 0 Å². The van der Waals surface area contributed by atoms with Gasteiger partial charge in [-0.2, -0.15) is 13.2 Å². The number of halogens is 4. The number of carbonyl (C=O) groups excluding carboxylic acids is 1. The number of carbonyl (C=O) groups is 1. The van der Waals surface area contributed by atoms with Crippen LogP contribution in [0.2, 0.25) is 0 Å². The summed E-state index contributed by atoms with van der Waals surface area (Å²) in [6, 6.07) is 7.54. The molecular formula is C22H21F4NO4S. The molecule has 0 saturated carbocycles. The van der Waals surface area contributed by atoms with Gasteiger partial charge >= 0.3 is 6.18 Å². The third-order valence-corrected chi connectivity index (χ3v) is 7.60. The molecule has 32 heavy (non-hydrogen) atoms. The molecule has 0 N–H and O–H groups in total. The number of sulfone groups is 1. The van der Waals surface area contributed by atoms with Crippen molar-refractivity contribution in [2.45, 2.75) is 32.0 Å². The minimum atomic E-state index is -4.78. The van der Waals surface area contributed by atoms with Gasteiger partial charge in [0.2, 0.25) is 5.91 Å². The predicted octanol–water partition coefficient (Wildman–Crippen LogP) is 4.35. The summed E-state index contributed by atoms with van der Waals surface area (Å²) < 4.78 is 80.8. The summed E-state index contributed by atoms with van der Waals surface area (Å²) in [5.41, 5.74) is 0.490. The summed E-state index contributed by atoms with van der Waals surface area (Å²) in [6.07, 6.45) is -3.51. The van der Waals surface area contributed by atoms with Crippen LogP contribution in [0.4, 0.5) is 17.6 Å². The summed E-state index contributed by atoms with van der Waals surface area (Å²) in [5.74, 6) is -1.50. The lowest BCUT2D eigenvalue weighted by molar-refractivity contribution is -0.140. The molecule has 0 aliphatic carbocycles. The summed E-state index contributed by atoms with van der Waals surface area (Å²) >= 11 is 0. The van der Waals surface area contributed by atoms with Gasteiger partial charge in [0.05, 0.1) is 17.1 Å². The van der Waals surface area contributed by atoms with Gasteiger partial charge in [0, 0.05) is 25.1 Å². The highest BCUT2D eigenvalue weighted by atomic mass is 32.2. The highest BCUT2D eigenvalue weighted by Crippen LogP contribution is 2.35. The van der Waals surface area contributed by atoms with Crippen LogP contribution in [0.1, 0.15) is 29.5 Å². The number of hydrogen-bond donors (Lipinski definition) is 0. The molecule has 2 aromatic rings. The van der Waals surface area contributed by atoms with Crippen molar-refractivity contribution >= 4 is 15.7 Å². The zero-order valence-electron chi connectivity index (χ0n) is 17.0. The highest BCUT2D eigenvalue weighted by molar-refractivity contribution is 7.91. The molecule has 2 aliphatic heterocycles. The lowest BCUT2D eigenvalue weighted by Crippen LogP contribution is -2.42. The summed E-state index contributed by atoms with van der Waals surface area (Å²) in [5, 5.41) is 0. The third-order valence-electron chi connectivity index (χ3n) is 5.89. The van der Waals surface area contributed by atoms with Gasteiger partial charge in [-0.3, -0.25) is 4.79 Å². The lowest BCUT2D eigenvalue weighted by Gasteiger charge is -2.33. The Morgan fingerprint density at radius 1 is 1.00 bits per heavy atom. The number of benzene rings is 2. The van der Waals surface area contributed by atoms with Crippen LogP contribution in [0.25, 0.3) is 0 Å². The number of fused-ring (bicyclic) bond motifs is 1. The van der Waals surface area contributed by atoms with Gasteiger partial charge in [0.1, 0.15) is 27.2 Å². The molecule has 1 amide bonds. The van der Waals surface area contributed by atoms with Crippen molar-refractivity contribution in [2.75, 3.05) is 18.1 Å². The van der Waals surface area contributed by atoms with Crippen molar-refractivity contribution in [3.63, 3.8) is 0 Å². The number of rotatable bonds is 3. The highest BCUT2D eigenvalue weighted by Gasteiger charge is 2.34. The summed E-state index contributed by atoms with van der Waals surface area (Å²) in [6.45, 7) is 0.857. The third kappa shape index (κ3) is 4.90. The Balaban J connectivity index is 1.46. The molecule has 0 bridgehead atoms. The van der Waals surface area contributed by atoms with Gasteiger partial charge in [0.25, 0.3) is 0 Å². The molecule has 0 spiro atoms. The second-order valence-electron chi connectivity index (χ2n) is 8.11. The molecule has 2 heterocycles. The molecule has 2 aliphatic rings. The van der Waals surface area contributed by atoms with Crippen molar-refractivity contribution in [1.29, 1.82) is 0 Å². The quantitative estimate of drug-likeness (QED) is 0.625. The fourth-order valence-corrected chi connectivity index (χ4v) is 5.60. The second kappa shape index (κ2) is 8.38. The van der Waals surface area contributed by atoms with Crippen molar-refractivity contribution in [3.05, 3.63) is 58.9 Å². The molecule has 10 heteroatoms. The normalized spacial score (nSPS) is 18.8. The molecule has 5 nitrogen and oxygen atoms in total. The van der Waals surface area contributed by atoms with Crippen LogP contribution >= 0.6 is 0 Å². The van der Waals surface area contributed by atoms with E-state index in [0.717, 1.165) is 17.2 Å². The van der Waals surface area contributed by atoms with E-state index in [1.165, 1.54) is 0 Å². The van der Waals surface area contributed by atoms with E-state index >= 15 is 0 Å². The van der Waals surface area contributed by atoms with E-state index in [-0.39, 0.29) is 29.1 Å². The lowest BCUT2D eigenvalue weighted by atomic mass is 9.96. The summed E-state index contributed by atoms with van der Waals surface area (Å²) in [7, 11) is -3.05. The average Bonchev–Trinajstić information content (AvgIpc) is 2.72. The first-order valence-electron chi connectivity index (χ1n) is 10.2. The van der Waals surface area contributed by atoms with Crippen molar-refractivity contribution in [2.24, 2.45) is 5.92 Å². The second-order valence-corrected chi connectivity index (χ2v) is 10.4. The molecule has 0 aromatic heterocycles. The minimum absolute atomic E-state index is 0.0233. The van der Waals surface area contributed by atoms with Crippen LogP contribution in [0, 0.1) is 11.7 Å². The van der Waals surface area contributed by atoms with Gasteiger partial charge in [0.15, 0.2) is 0 Å². The van der Waals surface area contributed by atoms with Crippen LogP contribution in [-0.2, 0) is 33.8 Å². The van der Waals surface area contributed by atoms with E-state index in [1.807, 2.05) is 6.07 Å². The van der Waals surface area contributed by atoms with Gasteiger partial charge in [-0.05, 0) is 54.7 Å². The van der Waals surface area contributed by atoms with E-state index in [1.54, 1.807) is 17.0 Å². The van der Waals surface area contributed by atoms with Gasteiger partial charge in [-0.1, -0.05) is 6.07 Å². The van der Waals surface area contributed by atoms with E-state index in [0.29, 0.717) is 50.2 Å². The summed E-state index contributed by atoms with van der Waals surface area (Å²) in [4.78, 5) is 14.6. The smallest absolute Gasteiger partial charge is 0.419 e. The van der Waals surface area contributed by atoms with Crippen LogP contribution < -0.4 is 4.74 Å². The Bertz CT molecular complexity index is 1130. The Morgan fingerprint density at radius 2 is 1.66 bits per heavy atom. The molecule has 1 saturated heterocycles. The molecular weight excluding hydrogens is 450 g/mol. The first-order valence-corrected chi connectivity index (χ1v) is 12.0. The first kappa shape index (κ1) is 22.6. The monoisotopic (exact) mass is 471 g/mol. The largest absolute Gasteiger partial charge is 0.457 e. The maximum absolute atomic E-state index is 13.8. The molecule has 4 rings (SSSR count). The van der Waals surface area contributed by atoms with Gasteiger partial charge in [-0.15, -0.1) is 0 Å². The van der Waals surface area contributed by atoms with E-state index < -0.39 is 27.4 Å². The molecule has 0 radical (unpaired) electrons. The van der Waals surface area contributed by atoms with Crippen LogP contribution in [0.5, 0.6) is 11.5 Å². The Hall–Kier alpha value is -2.62. The average molecular weight is 471 g/mol. The molecule has 0 unspecified atom stereocenters. The van der Waals surface area contributed by atoms with E-state index in [4.69, 9.17) is 4.74 Å². The van der Waals surface area contributed by atoms with Crippen molar-refractivity contribution in [1.82, 2.24) is 4.90 Å². The molecule has 2 aromatic carbocycles. The van der Waals surface area contributed by atoms with Gasteiger partial charge in [-0.25, -0.2) is 12.8 Å². The number of nitrogens with zero attached hydrogens (tertiary/aromatic N) is 1. The molecule has 1 fully saturated rings. The SMILES string of the molecule is O=C(C1CCS(=O)(=O)CC1)N1CCc2ccc(Oc3ccc(C(F)(F)F)c(F)c3)cc2C1. The van der Waals surface area contributed by atoms with Crippen molar-refractivity contribution < 1.29 is 35.5 Å². The number of amides is 1. The topological polar surface area (TPSA) is 63.7 Å². The standard InChI is InChI=1S/C22H21F4NO4S/c23-20-12-18(3-4-19(20)22(24,25)26)31-17-2-1-14-5-8-27(13-16(14)11-17)21(28)15-6-9-32(29,30)10-7-15/h1-4,11-12,15H,5-10,13H2. The predicted molar refractivity (Wildman–Crippen MR) is 108 cm³/mol. The van der Waals surface area contributed by atoms with Crippen LogP contribution in [0.15, 0.2) is 36.4 Å². The molecule has 172 valence electrons. The van der Waals surface area contributed by atoms with E-state index in [9.17, 15) is 30.8 Å². The number of hydrogen-bond acceptors (Lipinski definition) is 4. The first-order chi connectivity index (χ1) is 15.0. The zero-order chi connectivity index (χ0) is 23.1. The van der Waals surface area contributed by atoms with Gasteiger partial charge < -0.3 is 9.64 Å². The Labute approximate surface area is 182 Å². The number of alkyl halides is 3. The zero-order valence-corrected chi connectivity index (χ0v) is 17.8. The molecule has 0 atom stereocenters. The fraction of sp³-hybridized carbons (Fsp3) is 0.409.